The van der Waals surface area contributed by atoms with Gasteiger partial charge in [-0.3, -0.25) is 0 Å². The van der Waals surface area contributed by atoms with Crippen LogP contribution in [0.3, 0.4) is 0 Å². The lowest BCUT2D eigenvalue weighted by Crippen LogP contribution is -2.56. The summed E-state index contributed by atoms with van der Waals surface area (Å²) >= 11 is 0. The summed E-state index contributed by atoms with van der Waals surface area (Å²) in [6.07, 6.45) is 3.75. The lowest BCUT2D eigenvalue weighted by Gasteiger charge is -2.41. The fraction of sp³-hybridized carbons (Fsp3) is 1.00. The summed E-state index contributed by atoms with van der Waals surface area (Å²) in [5, 5.41) is 0. The molecule has 9 nitrogen and oxygen atoms in total. The predicted octanol–water partition coefficient (Wildman–Crippen LogP) is 3.43. The van der Waals surface area contributed by atoms with Gasteiger partial charge in [0.05, 0.1) is 39.6 Å². The monoisotopic (exact) mass is 552 g/mol. The number of hydrogen-bond donors (Lipinski definition) is 0. The molecule has 0 bridgehead atoms. The molecule has 5 atom stereocenters. The standard InChI is InChI=1S/C23H48O9Si3/c1-24-34(4,13-7-10-26-16-22-19-29-22)32-35(5,14-8-11-27-17-23-20-30-23)31-33(2,3)12-6-9-25-15-21-18-28-21/h21-23H,6-20H2,1-5H3. The van der Waals surface area contributed by atoms with E-state index in [4.69, 9.17) is 41.1 Å². The van der Waals surface area contributed by atoms with Crippen molar-refractivity contribution in [3.8, 4) is 0 Å². The Balaban J connectivity index is 1.46. The van der Waals surface area contributed by atoms with Crippen LogP contribution in [0.1, 0.15) is 19.3 Å². The van der Waals surface area contributed by atoms with Crippen molar-refractivity contribution in [2.24, 2.45) is 0 Å². The molecular weight excluding hydrogens is 505 g/mol. The highest BCUT2D eigenvalue weighted by molar-refractivity contribution is 6.87. The van der Waals surface area contributed by atoms with Crippen molar-refractivity contribution in [2.75, 3.05) is 66.6 Å². The molecule has 0 radical (unpaired) electrons. The highest BCUT2D eigenvalue weighted by Gasteiger charge is 2.45. The van der Waals surface area contributed by atoms with E-state index in [2.05, 4.69) is 26.2 Å². The van der Waals surface area contributed by atoms with Gasteiger partial charge in [-0.25, -0.2) is 0 Å². The summed E-state index contributed by atoms with van der Waals surface area (Å²) < 4.78 is 52.9. The first-order valence-electron chi connectivity index (χ1n) is 13.2. The van der Waals surface area contributed by atoms with E-state index >= 15 is 0 Å². The normalized spacial score (nSPS) is 26.8. The molecule has 3 fully saturated rings. The maximum Gasteiger partial charge on any atom is 0.325 e. The third kappa shape index (κ3) is 13.6. The molecule has 0 N–H and O–H groups in total. The van der Waals surface area contributed by atoms with Crippen LogP contribution in [0, 0.1) is 0 Å². The van der Waals surface area contributed by atoms with E-state index in [9.17, 15) is 0 Å². The Bertz CT molecular complexity index is 605. The zero-order chi connectivity index (χ0) is 25.2. The van der Waals surface area contributed by atoms with E-state index in [-0.39, 0.29) is 0 Å². The molecule has 35 heavy (non-hydrogen) atoms. The van der Waals surface area contributed by atoms with E-state index in [1.54, 1.807) is 7.11 Å². The summed E-state index contributed by atoms with van der Waals surface area (Å²) in [5.41, 5.74) is 0. The topological polar surface area (TPSA) is 93.0 Å². The van der Waals surface area contributed by atoms with Gasteiger partial charge in [-0.1, -0.05) is 0 Å². The molecule has 0 aromatic rings. The summed E-state index contributed by atoms with van der Waals surface area (Å²) in [5.74, 6) is 0. The number of hydrogen-bond acceptors (Lipinski definition) is 9. The van der Waals surface area contributed by atoms with Crippen molar-refractivity contribution in [1.29, 1.82) is 0 Å². The maximum absolute atomic E-state index is 6.97. The fourth-order valence-corrected chi connectivity index (χ4v) is 17.7. The van der Waals surface area contributed by atoms with Crippen LogP contribution >= 0.6 is 0 Å². The molecule has 0 amide bonds. The molecule has 206 valence electrons. The Morgan fingerprint density at radius 2 is 1.00 bits per heavy atom. The quantitative estimate of drug-likeness (QED) is 0.107. The fourth-order valence-electron chi connectivity index (χ4n) is 4.14. The van der Waals surface area contributed by atoms with Crippen molar-refractivity contribution < 1.29 is 41.1 Å². The summed E-state index contributed by atoms with van der Waals surface area (Å²) in [4.78, 5) is 0. The van der Waals surface area contributed by atoms with Crippen LogP contribution in [0.5, 0.6) is 0 Å². The Morgan fingerprint density at radius 1 is 0.600 bits per heavy atom. The average Bonchev–Trinajstić information content (AvgIpc) is 3.63. The van der Waals surface area contributed by atoms with Crippen LogP contribution in [-0.4, -0.2) is 110 Å². The molecule has 5 unspecified atom stereocenters. The minimum Gasteiger partial charge on any atom is -0.436 e. The van der Waals surface area contributed by atoms with Crippen molar-refractivity contribution in [2.45, 2.75) is 81.9 Å². The first-order chi connectivity index (χ1) is 16.7. The van der Waals surface area contributed by atoms with E-state index in [0.29, 0.717) is 51.3 Å². The smallest absolute Gasteiger partial charge is 0.325 e. The van der Waals surface area contributed by atoms with Gasteiger partial charge in [0.15, 0.2) is 8.32 Å². The molecule has 0 spiro atoms. The zero-order valence-electron chi connectivity index (χ0n) is 22.5. The average molecular weight is 553 g/mol. The van der Waals surface area contributed by atoms with Gasteiger partial charge in [-0.15, -0.1) is 0 Å². The third-order valence-electron chi connectivity index (χ3n) is 6.38. The van der Waals surface area contributed by atoms with Crippen molar-refractivity contribution >= 4 is 25.4 Å². The van der Waals surface area contributed by atoms with E-state index in [0.717, 1.165) is 63.8 Å². The molecule has 3 saturated heterocycles. The Kier molecular flexibility index (Phi) is 12.3. The Labute approximate surface area is 215 Å². The first-order valence-corrected chi connectivity index (χ1v) is 21.4. The molecule has 3 aliphatic rings. The van der Waals surface area contributed by atoms with Gasteiger partial charge in [0, 0.05) is 26.9 Å². The van der Waals surface area contributed by atoms with Gasteiger partial charge in [0.25, 0.3) is 0 Å². The lowest BCUT2D eigenvalue weighted by molar-refractivity contribution is 0.114. The Hall–Kier alpha value is 0.291. The second-order valence-corrected chi connectivity index (χ2v) is 22.4. The van der Waals surface area contributed by atoms with Gasteiger partial charge in [0.1, 0.15) is 18.3 Å². The summed E-state index contributed by atoms with van der Waals surface area (Å²) in [6, 6.07) is 2.82. The highest BCUT2D eigenvalue weighted by Crippen LogP contribution is 2.30. The van der Waals surface area contributed by atoms with Crippen LogP contribution in [0.2, 0.25) is 44.3 Å². The van der Waals surface area contributed by atoms with Crippen molar-refractivity contribution in [1.82, 2.24) is 0 Å². The molecule has 0 aromatic carbocycles. The maximum atomic E-state index is 6.97. The molecule has 3 heterocycles. The molecule has 3 aliphatic heterocycles. The van der Waals surface area contributed by atoms with Gasteiger partial charge < -0.3 is 41.1 Å². The third-order valence-corrected chi connectivity index (χ3v) is 18.7. The summed E-state index contributed by atoms with van der Waals surface area (Å²) in [6.45, 7) is 15.7. The number of ether oxygens (including phenoxy) is 6. The van der Waals surface area contributed by atoms with Crippen molar-refractivity contribution in [3.05, 3.63) is 0 Å². The molecule has 0 aromatic heterocycles. The molecule has 0 aliphatic carbocycles. The van der Waals surface area contributed by atoms with Crippen LogP contribution < -0.4 is 0 Å². The lowest BCUT2D eigenvalue weighted by atomic mass is 10.5. The van der Waals surface area contributed by atoms with Crippen LogP contribution in [0.4, 0.5) is 0 Å². The second-order valence-electron chi connectivity index (χ2n) is 10.8. The predicted molar refractivity (Wildman–Crippen MR) is 140 cm³/mol. The molecule has 0 saturated carbocycles. The van der Waals surface area contributed by atoms with E-state index in [1.165, 1.54) is 0 Å². The second kappa shape index (κ2) is 14.4. The SMILES string of the molecule is CO[Si](C)(CCCOCC1CO1)O[Si](C)(CCCOCC1CO1)O[Si](C)(C)CCCOCC1CO1. The summed E-state index contributed by atoms with van der Waals surface area (Å²) in [7, 11) is -5.05. The zero-order valence-corrected chi connectivity index (χ0v) is 25.5. The number of epoxide rings is 3. The first kappa shape index (κ1) is 29.8. The van der Waals surface area contributed by atoms with Gasteiger partial charge in [-0.05, 0) is 63.6 Å². The Morgan fingerprint density at radius 3 is 1.40 bits per heavy atom. The van der Waals surface area contributed by atoms with Gasteiger partial charge >= 0.3 is 17.1 Å². The molecular formula is C23H48O9Si3. The molecule has 3 rings (SSSR count). The van der Waals surface area contributed by atoms with E-state index < -0.39 is 25.4 Å². The minimum atomic E-state index is -2.49. The van der Waals surface area contributed by atoms with Crippen LogP contribution in [0.15, 0.2) is 0 Å². The number of rotatable bonds is 23. The minimum absolute atomic E-state index is 0.295. The van der Waals surface area contributed by atoms with Gasteiger partial charge in [0.2, 0.25) is 0 Å². The van der Waals surface area contributed by atoms with Crippen LogP contribution in [0.25, 0.3) is 0 Å². The van der Waals surface area contributed by atoms with Crippen molar-refractivity contribution in [3.63, 3.8) is 0 Å². The molecule has 12 heteroatoms. The largest absolute Gasteiger partial charge is 0.436 e. The van der Waals surface area contributed by atoms with Gasteiger partial charge in [-0.2, -0.15) is 0 Å². The van der Waals surface area contributed by atoms with E-state index in [1.807, 2.05) is 0 Å². The highest BCUT2D eigenvalue weighted by atomic mass is 28.5. The van der Waals surface area contributed by atoms with Crippen LogP contribution in [-0.2, 0) is 41.1 Å².